The monoisotopic (exact) mass is 217 g/mol. The molecule has 0 unspecified atom stereocenters. The summed E-state index contributed by atoms with van der Waals surface area (Å²) < 4.78 is 0. The van der Waals surface area contributed by atoms with E-state index in [1.54, 1.807) is 0 Å². The van der Waals surface area contributed by atoms with Gasteiger partial charge in [-0.25, -0.2) is 0 Å². The van der Waals surface area contributed by atoms with Crippen molar-refractivity contribution in [3.05, 3.63) is 35.9 Å². The second kappa shape index (κ2) is 4.69. The largest absolute Gasteiger partial charge is 0.349 e. The van der Waals surface area contributed by atoms with Crippen LogP contribution in [0.5, 0.6) is 0 Å². The Bertz CT molecular complexity index is 360. The van der Waals surface area contributed by atoms with Gasteiger partial charge in [-0.1, -0.05) is 44.2 Å². The highest BCUT2D eigenvalue weighted by Crippen LogP contribution is 2.38. The van der Waals surface area contributed by atoms with Crippen LogP contribution >= 0.6 is 0 Å². The summed E-state index contributed by atoms with van der Waals surface area (Å²) in [6, 6.07) is 10.4. The Morgan fingerprint density at radius 1 is 1.44 bits per heavy atom. The standard InChI is InChI=1S/C14H19NO/c1-3-13(11-7-5-4-6-8-11)15-14(16)12-9-10(12)2/h4-8,10,12-13H,3,9H2,1-2H3,(H,15,16)/t10-,12-,13-/m0/s1. The maximum atomic E-state index is 11.8. The van der Waals surface area contributed by atoms with Crippen molar-refractivity contribution in [3.8, 4) is 0 Å². The minimum atomic E-state index is 0.168. The van der Waals surface area contributed by atoms with Gasteiger partial charge in [0, 0.05) is 5.92 Å². The zero-order valence-corrected chi connectivity index (χ0v) is 9.94. The molecule has 0 aliphatic heterocycles. The molecule has 1 N–H and O–H groups in total. The molecule has 1 aliphatic rings. The number of hydrogen-bond donors (Lipinski definition) is 1. The van der Waals surface area contributed by atoms with E-state index in [9.17, 15) is 4.79 Å². The predicted octanol–water partition coefficient (Wildman–Crippen LogP) is 2.91. The average Bonchev–Trinajstić information content (AvgIpc) is 3.04. The van der Waals surface area contributed by atoms with Gasteiger partial charge >= 0.3 is 0 Å². The molecule has 0 saturated heterocycles. The molecule has 0 radical (unpaired) electrons. The molecule has 2 rings (SSSR count). The Labute approximate surface area is 97.1 Å². The summed E-state index contributed by atoms with van der Waals surface area (Å²) in [5.74, 6) is 1.06. The molecule has 1 amide bonds. The van der Waals surface area contributed by atoms with E-state index in [2.05, 4.69) is 31.3 Å². The van der Waals surface area contributed by atoms with Gasteiger partial charge in [-0.2, -0.15) is 0 Å². The van der Waals surface area contributed by atoms with Gasteiger partial charge in [0.15, 0.2) is 0 Å². The van der Waals surface area contributed by atoms with Gasteiger partial charge in [0.2, 0.25) is 5.91 Å². The third-order valence-electron chi connectivity index (χ3n) is 3.37. The molecule has 1 saturated carbocycles. The number of hydrogen-bond acceptors (Lipinski definition) is 1. The number of amides is 1. The number of carbonyl (C=O) groups is 1. The van der Waals surface area contributed by atoms with Crippen molar-refractivity contribution in [2.75, 3.05) is 0 Å². The van der Waals surface area contributed by atoms with E-state index in [0.29, 0.717) is 5.92 Å². The van der Waals surface area contributed by atoms with Crippen LogP contribution in [-0.4, -0.2) is 5.91 Å². The molecule has 0 spiro atoms. The topological polar surface area (TPSA) is 29.1 Å². The zero-order chi connectivity index (χ0) is 11.5. The van der Waals surface area contributed by atoms with Crippen LogP contribution in [0.3, 0.4) is 0 Å². The lowest BCUT2D eigenvalue weighted by molar-refractivity contribution is -0.123. The van der Waals surface area contributed by atoms with Gasteiger partial charge in [0.1, 0.15) is 0 Å². The SMILES string of the molecule is CC[C@H](NC(=O)[C@H]1C[C@@H]1C)c1ccccc1. The van der Waals surface area contributed by atoms with Crippen molar-refractivity contribution in [3.63, 3.8) is 0 Å². The molecule has 3 atom stereocenters. The summed E-state index contributed by atoms with van der Waals surface area (Å²) in [6.07, 6.45) is 1.99. The van der Waals surface area contributed by atoms with Crippen LogP contribution in [-0.2, 0) is 4.79 Å². The third kappa shape index (κ3) is 2.43. The van der Waals surface area contributed by atoms with Crippen LogP contribution in [0.2, 0.25) is 0 Å². The molecular formula is C14H19NO. The first-order valence-electron chi connectivity index (χ1n) is 6.07. The summed E-state index contributed by atoms with van der Waals surface area (Å²) >= 11 is 0. The molecule has 1 aromatic rings. The molecule has 1 aromatic carbocycles. The Kier molecular flexibility index (Phi) is 3.28. The minimum Gasteiger partial charge on any atom is -0.349 e. The van der Waals surface area contributed by atoms with Gasteiger partial charge in [-0.3, -0.25) is 4.79 Å². The molecule has 0 aromatic heterocycles. The normalized spacial score (nSPS) is 24.9. The predicted molar refractivity (Wildman–Crippen MR) is 64.9 cm³/mol. The molecule has 2 heteroatoms. The molecule has 16 heavy (non-hydrogen) atoms. The van der Waals surface area contributed by atoms with Crippen molar-refractivity contribution in [1.29, 1.82) is 0 Å². The molecule has 1 aliphatic carbocycles. The fourth-order valence-corrected chi connectivity index (χ4v) is 2.07. The van der Waals surface area contributed by atoms with Crippen molar-refractivity contribution in [2.24, 2.45) is 11.8 Å². The van der Waals surface area contributed by atoms with E-state index in [1.165, 1.54) is 5.56 Å². The molecule has 0 heterocycles. The van der Waals surface area contributed by atoms with E-state index < -0.39 is 0 Å². The quantitative estimate of drug-likeness (QED) is 0.825. The number of benzene rings is 1. The van der Waals surface area contributed by atoms with E-state index in [1.807, 2.05) is 18.2 Å². The first-order chi connectivity index (χ1) is 7.72. The number of nitrogens with one attached hydrogen (secondary N) is 1. The lowest BCUT2D eigenvalue weighted by Gasteiger charge is -2.17. The summed E-state index contributed by atoms with van der Waals surface area (Å²) in [6.45, 7) is 4.24. The Morgan fingerprint density at radius 2 is 2.06 bits per heavy atom. The van der Waals surface area contributed by atoms with Crippen molar-refractivity contribution in [2.45, 2.75) is 32.7 Å². The first kappa shape index (κ1) is 11.2. The molecule has 0 bridgehead atoms. The van der Waals surface area contributed by atoms with Crippen LogP contribution in [0, 0.1) is 11.8 Å². The van der Waals surface area contributed by atoms with Crippen molar-refractivity contribution >= 4 is 5.91 Å². The van der Waals surface area contributed by atoms with Gasteiger partial charge in [-0.15, -0.1) is 0 Å². The second-order valence-corrected chi connectivity index (χ2v) is 4.70. The van der Waals surface area contributed by atoms with Gasteiger partial charge in [0.25, 0.3) is 0 Å². The van der Waals surface area contributed by atoms with Crippen molar-refractivity contribution < 1.29 is 4.79 Å². The van der Waals surface area contributed by atoms with Crippen LogP contribution in [0.4, 0.5) is 0 Å². The highest BCUT2D eigenvalue weighted by Gasteiger charge is 2.39. The molecule has 86 valence electrons. The average molecular weight is 217 g/mol. The fourth-order valence-electron chi connectivity index (χ4n) is 2.07. The lowest BCUT2D eigenvalue weighted by atomic mass is 10.0. The fraction of sp³-hybridized carbons (Fsp3) is 0.500. The van der Waals surface area contributed by atoms with Crippen LogP contribution in [0.25, 0.3) is 0 Å². The zero-order valence-electron chi connectivity index (χ0n) is 9.94. The Hall–Kier alpha value is -1.31. The van der Waals surface area contributed by atoms with E-state index >= 15 is 0 Å². The number of carbonyl (C=O) groups excluding carboxylic acids is 1. The maximum absolute atomic E-state index is 11.8. The summed E-state index contributed by atoms with van der Waals surface area (Å²) in [5.41, 5.74) is 1.20. The second-order valence-electron chi connectivity index (χ2n) is 4.70. The smallest absolute Gasteiger partial charge is 0.223 e. The molecular weight excluding hydrogens is 198 g/mol. The van der Waals surface area contributed by atoms with E-state index in [0.717, 1.165) is 12.8 Å². The van der Waals surface area contributed by atoms with Crippen LogP contribution in [0.1, 0.15) is 38.3 Å². The molecule has 1 fully saturated rings. The first-order valence-corrected chi connectivity index (χ1v) is 6.07. The number of rotatable bonds is 4. The van der Waals surface area contributed by atoms with Gasteiger partial charge in [-0.05, 0) is 24.3 Å². The van der Waals surface area contributed by atoms with Gasteiger partial charge in [0.05, 0.1) is 6.04 Å². The van der Waals surface area contributed by atoms with Crippen molar-refractivity contribution in [1.82, 2.24) is 5.32 Å². The Morgan fingerprint density at radius 3 is 2.56 bits per heavy atom. The van der Waals surface area contributed by atoms with Crippen LogP contribution in [0.15, 0.2) is 30.3 Å². The Balaban J connectivity index is 1.98. The third-order valence-corrected chi connectivity index (χ3v) is 3.37. The summed E-state index contributed by atoms with van der Waals surface area (Å²) in [7, 11) is 0. The van der Waals surface area contributed by atoms with Gasteiger partial charge < -0.3 is 5.32 Å². The van der Waals surface area contributed by atoms with Crippen LogP contribution < -0.4 is 5.32 Å². The minimum absolute atomic E-state index is 0.168. The summed E-state index contributed by atoms with van der Waals surface area (Å²) in [4.78, 5) is 11.8. The van der Waals surface area contributed by atoms with E-state index in [-0.39, 0.29) is 17.9 Å². The van der Waals surface area contributed by atoms with E-state index in [4.69, 9.17) is 0 Å². The highest BCUT2D eigenvalue weighted by molar-refractivity contribution is 5.81. The highest BCUT2D eigenvalue weighted by atomic mass is 16.2. The molecule has 2 nitrogen and oxygen atoms in total. The maximum Gasteiger partial charge on any atom is 0.223 e. The summed E-state index contributed by atoms with van der Waals surface area (Å²) in [5, 5.41) is 3.14. The lowest BCUT2D eigenvalue weighted by Crippen LogP contribution is -2.29.